The molecular formula is C15H22ClN3O2. The second-order valence-electron chi connectivity index (χ2n) is 4.99. The van der Waals surface area contributed by atoms with Gasteiger partial charge in [-0.25, -0.2) is 4.79 Å². The van der Waals surface area contributed by atoms with Crippen LogP contribution in [0.5, 0.6) is 0 Å². The van der Waals surface area contributed by atoms with Crippen molar-refractivity contribution < 1.29 is 9.59 Å². The van der Waals surface area contributed by atoms with E-state index in [1.165, 1.54) is 0 Å². The van der Waals surface area contributed by atoms with Crippen molar-refractivity contribution in [3.8, 4) is 0 Å². The maximum atomic E-state index is 11.7. The quantitative estimate of drug-likeness (QED) is 0.756. The van der Waals surface area contributed by atoms with Crippen molar-refractivity contribution in [1.29, 1.82) is 0 Å². The summed E-state index contributed by atoms with van der Waals surface area (Å²) < 4.78 is 0. The first-order valence-corrected chi connectivity index (χ1v) is 7.39. The summed E-state index contributed by atoms with van der Waals surface area (Å²) in [5.74, 6) is -0.364. The third kappa shape index (κ3) is 6.60. The van der Waals surface area contributed by atoms with E-state index in [-0.39, 0.29) is 24.5 Å². The van der Waals surface area contributed by atoms with Crippen LogP contribution in [0.15, 0.2) is 24.3 Å². The SMILES string of the molecule is CC[C@@H](C)NC(=O)NC(=O)CN[C@H](C)c1ccc(Cl)cc1. The lowest BCUT2D eigenvalue weighted by Gasteiger charge is -2.15. The van der Waals surface area contributed by atoms with Crippen LogP contribution in [0.2, 0.25) is 5.02 Å². The van der Waals surface area contributed by atoms with Gasteiger partial charge in [-0.05, 0) is 38.0 Å². The van der Waals surface area contributed by atoms with Crippen LogP contribution in [-0.4, -0.2) is 24.5 Å². The van der Waals surface area contributed by atoms with Gasteiger partial charge in [-0.1, -0.05) is 30.7 Å². The summed E-state index contributed by atoms with van der Waals surface area (Å²) in [7, 11) is 0. The highest BCUT2D eigenvalue weighted by Crippen LogP contribution is 2.15. The van der Waals surface area contributed by atoms with Gasteiger partial charge >= 0.3 is 6.03 Å². The molecule has 2 atom stereocenters. The molecule has 1 rings (SSSR count). The summed E-state index contributed by atoms with van der Waals surface area (Å²) in [5, 5.41) is 8.69. The van der Waals surface area contributed by atoms with E-state index in [2.05, 4.69) is 16.0 Å². The number of amides is 3. The second kappa shape index (κ2) is 8.64. The van der Waals surface area contributed by atoms with Crippen LogP contribution >= 0.6 is 11.6 Å². The fourth-order valence-electron chi connectivity index (χ4n) is 1.65. The van der Waals surface area contributed by atoms with Gasteiger partial charge in [0.05, 0.1) is 6.54 Å². The van der Waals surface area contributed by atoms with E-state index in [9.17, 15) is 9.59 Å². The molecule has 0 saturated carbocycles. The van der Waals surface area contributed by atoms with E-state index in [0.29, 0.717) is 5.02 Å². The molecule has 0 unspecified atom stereocenters. The first-order valence-electron chi connectivity index (χ1n) is 7.01. The molecule has 0 radical (unpaired) electrons. The molecule has 3 N–H and O–H groups in total. The van der Waals surface area contributed by atoms with E-state index in [1.54, 1.807) is 12.1 Å². The van der Waals surface area contributed by atoms with Crippen molar-refractivity contribution in [2.45, 2.75) is 39.3 Å². The molecule has 0 saturated heterocycles. The molecule has 5 nitrogen and oxygen atoms in total. The Bertz CT molecular complexity index is 476. The molecule has 0 aromatic heterocycles. The van der Waals surface area contributed by atoms with Crippen molar-refractivity contribution in [2.75, 3.05) is 6.54 Å². The van der Waals surface area contributed by atoms with Crippen LogP contribution in [0.3, 0.4) is 0 Å². The minimum absolute atomic E-state index is 0.00866. The maximum absolute atomic E-state index is 11.7. The highest BCUT2D eigenvalue weighted by atomic mass is 35.5. The van der Waals surface area contributed by atoms with E-state index in [4.69, 9.17) is 11.6 Å². The van der Waals surface area contributed by atoms with E-state index in [1.807, 2.05) is 32.9 Å². The zero-order valence-electron chi connectivity index (χ0n) is 12.6. The molecule has 1 aromatic carbocycles. The summed E-state index contributed by atoms with van der Waals surface area (Å²) in [6.07, 6.45) is 0.813. The highest BCUT2D eigenvalue weighted by molar-refractivity contribution is 6.30. The topological polar surface area (TPSA) is 70.2 Å². The van der Waals surface area contributed by atoms with Crippen molar-refractivity contribution >= 4 is 23.5 Å². The molecule has 3 amide bonds. The monoisotopic (exact) mass is 311 g/mol. The summed E-state index contributed by atoms with van der Waals surface area (Å²) in [4.78, 5) is 23.1. The molecule has 0 spiro atoms. The van der Waals surface area contributed by atoms with Crippen molar-refractivity contribution in [3.05, 3.63) is 34.9 Å². The lowest BCUT2D eigenvalue weighted by Crippen LogP contribution is -2.46. The van der Waals surface area contributed by atoms with Crippen LogP contribution in [0.4, 0.5) is 4.79 Å². The summed E-state index contributed by atoms with van der Waals surface area (Å²) in [5.41, 5.74) is 1.02. The molecule has 1 aromatic rings. The number of urea groups is 1. The number of halogens is 1. The maximum Gasteiger partial charge on any atom is 0.321 e. The van der Waals surface area contributed by atoms with Gasteiger partial charge in [0.2, 0.25) is 5.91 Å². The Morgan fingerprint density at radius 1 is 1.19 bits per heavy atom. The number of carbonyl (C=O) groups excluding carboxylic acids is 2. The summed E-state index contributed by atoms with van der Waals surface area (Å²) in [6.45, 7) is 5.85. The van der Waals surface area contributed by atoms with Crippen LogP contribution in [0, 0.1) is 0 Å². The number of rotatable bonds is 6. The zero-order chi connectivity index (χ0) is 15.8. The zero-order valence-corrected chi connectivity index (χ0v) is 13.3. The Morgan fingerprint density at radius 2 is 1.81 bits per heavy atom. The predicted molar refractivity (Wildman–Crippen MR) is 84.3 cm³/mol. The fraction of sp³-hybridized carbons (Fsp3) is 0.467. The summed E-state index contributed by atoms with van der Waals surface area (Å²) in [6, 6.07) is 6.96. The Morgan fingerprint density at radius 3 is 2.38 bits per heavy atom. The van der Waals surface area contributed by atoms with Crippen LogP contribution < -0.4 is 16.0 Å². The van der Waals surface area contributed by atoms with Gasteiger partial charge in [0.1, 0.15) is 0 Å². The standard InChI is InChI=1S/C15H22ClN3O2/c1-4-10(2)18-15(21)19-14(20)9-17-11(3)12-5-7-13(16)8-6-12/h5-8,10-11,17H,4,9H2,1-3H3,(H2,18,19,20,21)/t10-,11-/m1/s1. The van der Waals surface area contributed by atoms with Gasteiger partial charge < -0.3 is 10.6 Å². The first-order chi connectivity index (χ1) is 9.92. The number of nitrogens with one attached hydrogen (secondary N) is 3. The lowest BCUT2D eigenvalue weighted by atomic mass is 10.1. The van der Waals surface area contributed by atoms with Gasteiger partial charge in [0.25, 0.3) is 0 Å². The lowest BCUT2D eigenvalue weighted by molar-refractivity contribution is -0.119. The van der Waals surface area contributed by atoms with E-state index in [0.717, 1.165) is 12.0 Å². The van der Waals surface area contributed by atoms with Gasteiger partial charge in [-0.2, -0.15) is 0 Å². The molecule has 116 valence electrons. The minimum atomic E-state index is -0.463. The third-order valence-electron chi connectivity index (χ3n) is 3.18. The molecule has 0 aliphatic rings. The summed E-state index contributed by atoms with van der Waals surface area (Å²) >= 11 is 5.83. The smallest absolute Gasteiger partial charge is 0.321 e. The van der Waals surface area contributed by atoms with Crippen LogP contribution in [-0.2, 0) is 4.79 Å². The van der Waals surface area contributed by atoms with Gasteiger partial charge in [-0.15, -0.1) is 0 Å². The van der Waals surface area contributed by atoms with Gasteiger partial charge in [-0.3, -0.25) is 10.1 Å². The predicted octanol–water partition coefficient (Wildman–Crippen LogP) is 2.61. The molecule has 0 fully saturated rings. The number of benzene rings is 1. The number of hydrogen-bond donors (Lipinski definition) is 3. The Balaban J connectivity index is 2.35. The number of imide groups is 1. The van der Waals surface area contributed by atoms with Crippen LogP contribution in [0.1, 0.15) is 38.8 Å². The average Bonchev–Trinajstić information content (AvgIpc) is 2.45. The Hall–Kier alpha value is -1.59. The Kier molecular flexibility index (Phi) is 7.19. The number of carbonyl (C=O) groups is 2. The molecule has 0 aliphatic carbocycles. The molecule has 0 bridgehead atoms. The normalized spacial score (nSPS) is 13.3. The van der Waals surface area contributed by atoms with Gasteiger partial charge in [0, 0.05) is 17.1 Å². The molecule has 21 heavy (non-hydrogen) atoms. The van der Waals surface area contributed by atoms with Crippen molar-refractivity contribution in [1.82, 2.24) is 16.0 Å². The number of hydrogen-bond acceptors (Lipinski definition) is 3. The molecule has 0 heterocycles. The van der Waals surface area contributed by atoms with Crippen molar-refractivity contribution in [2.24, 2.45) is 0 Å². The molecular weight excluding hydrogens is 290 g/mol. The van der Waals surface area contributed by atoms with Crippen LogP contribution in [0.25, 0.3) is 0 Å². The fourth-order valence-corrected chi connectivity index (χ4v) is 1.77. The average molecular weight is 312 g/mol. The van der Waals surface area contributed by atoms with Gasteiger partial charge in [0.15, 0.2) is 0 Å². The second-order valence-corrected chi connectivity index (χ2v) is 5.42. The minimum Gasteiger partial charge on any atom is -0.335 e. The largest absolute Gasteiger partial charge is 0.335 e. The van der Waals surface area contributed by atoms with E-state index < -0.39 is 6.03 Å². The highest BCUT2D eigenvalue weighted by Gasteiger charge is 2.11. The van der Waals surface area contributed by atoms with E-state index >= 15 is 0 Å². The first kappa shape index (κ1) is 17.5. The Labute approximate surface area is 130 Å². The molecule has 0 aliphatic heterocycles. The molecule has 6 heteroatoms. The van der Waals surface area contributed by atoms with Crippen molar-refractivity contribution in [3.63, 3.8) is 0 Å². The third-order valence-corrected chi connectivity index (χ3v) is 3.43.